The minimum Gasteiger partial charge on any atom is -0.497 e. The predicted molar refractivity (Wildman–Crippen MR) is 77.7 cm³/mol. The molecule has 0 aliphatic heterocycles. The van der Waals surface area contributed by atoms with Gasteiger partial charge in [-0.2, -0.15) is 0 Å². The molecule has 1 unspecified atom stereocenters. The van der Waals surface area contributed by atoms with E-state index in [2.05, 4.69) is 15.9 Å². The summed E-state index contributed by atoms with van der Waals surface area (Å²) >= 11 is 3.43. The van der Waals surface area contributed by atoms with Gasteiger partial charge in [-0.1, -0.05) is 15.9 Å². The molecule has 0 bridgehead atoms. The number of methoxy groups -OCH3 is 1. The minimum atomic E-state index is -0.625. The first-order valence-electron chi connectivity index (χ1n) is 6.03. The Morgan fingerprint density at radius 3 is 2.40 bits per heavy atom. The molecule has 0 fully saturated rings. The van der Waals surface area contributed by atoms with Gasteiger partial charge >= 0.3 is 0 Å². The van der Waals surface area contributed by atoms with Crippen LogP contribution in [0.2, 0.25) is 0 Å². The molecule has 5 heteroatoms. The van der Waals surface area contributed by atoms with E-state index in [0.29, 0.717) is 17.7 Å². The average Bonchev–Trinajstić information content (AvgIpc) is 2.40. The molecular weight excluding hydrogens is 328 g/mol. The van der Waals surface area contributed by atoms with Gasteiger partial charge in [-0.25, -0.2) is 8.78 Å². The highest BCUT2D eigenvalue weighted by Crippen LogP contribution is 2.27. The van der Waals surface area contributed by atoms with E-state index in [9.17, 15) is 8.78 Å². The normalized spacial score (nSPS) is 12.2. The summed E-state index contributed by atoms with van der Waals surface area (Å²) in [6.45, 7) is 0. The first kappa shape index (κ1) is 14.9. The molecule has 0 radical (unpaired) electrons. The maximum atomic E-state index is 13.2. The average molecular weight is 342 g/mol. The van der Waals surface area contributed by atoms with Gasteiger partial charge in [0.15, 0.2) is 0 Å². The third-order valence-electron chi connectivity index (χ3n) is 3.01. The molecule has 2 N–H and O–H groups in total. The maximum Gasteiger partial charge on any atom is 0.126 e. The molecule has 2 nitrogen and oxygen atoms in total. The van der Waals surface area contributed by atoms with Crippen molar-refractivity contribution < 1.29 is 13.5 Å². The van der Waals surface area contributed by atoms with Gasteiger partial charge in [-0.05, 0) is 47.9 Å². The lowest BCUT2D eigenvalue weighted by atomic mass is 9.99. The first-order valence-corrected chi connectivity index (χ1v) is 6.83. The standard InChI is InChI=1S/C15H14BrF2NO/c1-20-13-2-3-14(16)9(6-13)7-15(19)10-4-11(17)8-12(18)5-10/h2-6,8,15H,7,19H2,1H3. The van der Waals surface area contributed by atoms with Crippen molar-refractivity contribution in [3.05, 3.63) is 63.6 Å². The largest absolute Gasteiger partial charge is 0.497 e. The molecule has 2 aromatic rings. The molecule has 0 saturated heterocycles. The SMILES string of the molecule is COc1ccc(Br)c(CC(N)c2cc(F)cc(F)c2)c1. The fraction of sp³-hybridized carbons (Fsp3) is 0.200. The molecule has 2 aromatic carbocycles. The second-order valence-corrected chi connectivity index (χ2v) is 5.33. The minimum absolute atomic E-state index is 0.428. The lowest BCUT2D eigenvalue weighted by molar-refractivity contribution is 0.414. The number of hydrogen-bond donors (Lipinski definition) is 1. The van der Waals surface area contributed by atoms with Crippen molar-refractivity contribution in [1.29, 1.82) is 0 Å². The van der Waals surface area contributed by atoms with E-state index in [0.717, 1.165) is 16.1 Å². The van der Waals surface area contributed by atoms with Crippen LogP contribution in [0.15, 0.2) is 40.9 Å². The Kier molecular flexibility index (Phi) is 4.73. The Morgan fingerprint density at radius 2 is 1.80 bits per heavy atom. The summed E-state index contributed by atoms with van der Waals surface area (Å²) in [5, 5.41) is 0. The van der Waals surface area contributed by atoms with Gasteiger partial charge in [0.2, 0.25) is 0 Å². The molecular formula is C15H14BrF2NO. The van der Waals surface area contributed by atoms with Gasteiger partial charge in [0.1, 0.15) is 17.4 Å². The van der Waals surface area contributed by atoms with Crippen molar-refractivity contribution >= 4 is 15.9 Å². The van der Waals surface area contributed by atoms with Crippen LogP contribution in [0.4, 0.5) is 8.78 Å². The Morgan fingerprint density at radius 1 is 1.15 bits per heavy atom. The molecule has 0 aliphatic carbocycles. The zero-order valence-corrected chi connectivity index (χ0v) is 12.5. The number of nitrogens with two attached hydrogens (primary N) is 1. The zero-order valence-electron chi connectivity index (χ0n) is 10.9. The van der Waals surface area contributed by atoms with Crippen LogP contribution in [-0.2, 0) is 6.42 Å². The third-order valence-corrected chi connectivity index (χ3v) is 3.78. The van der Waals surface area contributed by atoms with Crippen LogP contribution in [0.3, 0.4) is 0 Å². The highest BCUT2D eigenvalue weighted by Gasteiger charge is 2.12. The summed E-state index contributed by atoms with van der Waals surface area (Å²) in [5.41, 5.74) is 7.38. The predicted octanol–water partition coefficient (Wildman–Crippen LogP) is 3.98. The van der Waals surface area contributed by atoms with Gasteiger partial charge in [-0.15, -0.1) is 0 Å². The van der Waals surface area contributed by atoms with E-state index in [1.54, 1.807) is 7.11 Å². The molecule has 2 rings (SSSR count). The molecule has 20 heavy (non-hydrogen) atoms. The lowest BCUT2D eigenvalue weighted by Gasteiger charge is -2.14. The van der Waals surface area contributed by atoms with Crippen LogP contribution >= 0.6 is 15.9 Å². The van der Waals surface area contributed by atoms with Crippen molar-refractivity contribution in [2.45, 2.75) is 12.5 Å². The van der Waals surface area contributed by atoms with Gasteiger partial charge in [0, 0.05) is 16.6 Å². The monoisotopic (exact) mass is 341 g/mol. The van der Waals surface area contributed by atoms with Crippen molar-refractivity contribution in [1.82, 2.24) is 0 Å². The van der Waals surface area contributed by atoms with E-state index in [1.807, 2.05) is 18.2 Å². The maximum absolute atomic E-state index is 13.2. The first-order chi connectivity index (χ1) is 9.49. The van der Waals surface area contributed by atoms with Gasteiger partial charge in [0.25, 0.3) is 0 Å². The summed E-state index contributed by atoms with van der Waals surface area (Å²) in [6.07, 6.45) is 0.445. The second-order valence-electron chi connectivity index (χ2n) is 4.47. The number of benzene rings is 2. The van der Waals surface area contributed by atoms with Gasteiger partial charge < -0.3 is 10.5 Å². The molecule has 0 aromatic heterocycles. The quantitative estimate of drug-likeness (QED) is 0.912. The molecule has 1 atom stereocenters. The van der Waals surface area contributed by atoms with Crippen LogP contribution in [0.5, 0.6) is 5.75 Å². The van der Waals surface area contributed by atoms with Crippen LogP contribution in [0.1, 0.15) is 17.2 Å². The number of rotatable bonds is 4. The second kappa shape index (κ2) is 6.33. The molecule has 106 valence electrons. The smallest absolute Gasteiger partial charge is 0.126 e. The van der Waals surface area contributed by atoms with Crippen LogP contribution in [0.25, 0.3) is 0 Å². The van der Waals surface area contributed by atoms with Crippen molar-refractivity contribution in [3.8, 4) is 5.75 Å². The van der Waals surface area contributed by atoms with Crippen molar-refractivity contribution in [2.24, 2.45) is 5.73 Å². The third kappa shape index (κ3) is 3.55. The van der Waals surface area contributed by atoms with E-state index in [4.69, 9.17) is 10.5 Å². The molecule has 0 aliphatic rings. The van der Waals surface area contributed by atoms with E-state index in [1.165, 1.54) is 12.1 Å². The van der Waals surface area contributed by atoms with Gasteiger partial charge in [-0.3, -0.25) is 0 Å². The molecule has 0 heterocycles. The van der Waals surface area contributed by atoms with E-state index in [-0.39, 0.29) is 0 Å². The van der Waals surface area contributed by atoms with Crippen molar-refractivity contribution in [2.75, 3.05) is 7.11 Å². The molecule has 0 amide bonds. The number of hydrogen-bond acceptors (Lipinski definition) is 2. The highest BCUT2D eigenvalue weighted by atomic mass is 79.9. The van der Waals surface area contributed by atoms with E-state index < -0.39 is 17.7 Å². The summed E-state index contributed by atoms with van der Waals surface area (Å²) < 4.78 is 32.4. The number of halogens is 3. The van der Waals surface area contributed by atoms with Gasteiger partial charge in [0.05, 0.1) is 7.11 Å². The summed E-state index contributed by atoms with van der Waals surface area (Å²) in [7, 11) is 1.58. The Balaban J connectivity index is 2.24. The summed E-state index contributed by atoms with van der Waals surface area (Å²) in [4.78, 5) is 0. The summed E-state index contributed by atoms with van der Waals surface area (Å²) in [6, 6.07) is 8.36. The van der Waals surface area contributed by atoms with Crippen LogP contribution in [0, 0.1) is 11.6 Å². The Labute approximate surface area is 124 Å². The summed E-state index contributed by atoms with van der Waals surface area (Å²) in [5.74, 6) is -0.541. The molecule has 0 spiro atoms. The topological polar surface area (TPSA) is 35.2 Å². The molecule has 0 saturated carbocycles. The fourth-order valence-corrected chi connectivity index (χ4v) is 2.39. The Hall–Kier alpha value is -1.46. The van der Waals surface area contributed by atoms with Crippen LogP contribution < -0.4 is 10.5 Å². The van der Waals surface area contributed by atoms with Crippen LogP contribution in [-0.4, -0.2) is 7.11 Å². The lowest BCUT2D eigenvalue weighted by Crippen LogP contribution is -2.14. The Bertz CT molecular complexity index is 599. The van der Waals surface area contributed by atoms with E-state index >= 15 is 0 Å². The number of ether oxygens (including phenoxy) is 1. The zero-order chi connectivity index (χ0) is 14.7. The van der Waals surface area contributed by atoms with Crippen molar-refractivity contribution in [3.63, 3.8) is 0 Å². The fourth-order valence-electron chi connectivity index (χ4n) is 1.98. The highest BCUT2D eigenvalue weighted by molar-refractivity contribution is 9.10.